The quantitative estimate of drug-likeness (QED) is 0.167. The Morgan fingerprint density at radius 2 is 0.763 bits per heavy atom. The van der Waals surface area contributed by atoms with Crippen LogP contribution < -0.4 is 0 Å². The van der Waals surface area contributed by atoms with Gasteiger partial charge in [-0.2, -0.15) is 0 Å². The molecule has 0 nitrogen and oxygen atoms in total. The predicted molar refractivity (Wildman–Crippen MR) is 156 cm³/mol. The van der Waals surface area contributed by atoms with E-state index in [4.69, 9.17) is 0 Å². The molecule has 0 atom stereocenters. The van der Waals surface area contributed by atoms with Crippen LogP contribution in [0.5, 0.6) is 0 Å². The monoisotopic (exact) mass is 490 g/mol. The van der Waals surface area contributed by atoms with Crippen LogP contribution in [0.25, 0.3) is 76.1 Å². The van der Waals surface area contributed by atoms with Crippen LogP contribution in [0.4, 0.5) is 8.78 Å². The van der Waals surface area contributed by atoms with Gasteiger partial charge in [0, 0.05) is 6.07 Å². The molecule has 0 N–H and O–H groups in total. The molecule has 0 fully saturated rings. The summed E-state index contributed by atoms with van der Waals surface area (Å²) in [5.74, 6) is -1.14. The Hall–Kier alpha value is -4.82. The van der Waals surface area contributed by atoms with Crippen LogP contribution in [-0.2, 0) is 0 Å². The zero-order valence-electron chi connectivity index (χ0n) is 20.3. The van der Waals surface area contributed by atoms with Crippen molar-refractivity contribution < 1.29 is 8.78 Å². The van der Waals surface area contributed by atoms with Gasteiger partial charge in [-0.25, -0.2) is 8.78 Å². The number of fused-ring (bicyclic) bond motifs is 2. The first-order valence-electron chi connectivity index (χ1n) is 12.7. The van der Waals surface area contributed by atoms with Crippen molar-refractivity contribution in [1.82, 2.24) is 0 Å². The summed E-state index contributed by atoms with van der Waals surface area (Å²) in [5, 5.41) is 11.8. The summed E-state index contributed by atoms with van der Waals surface area (Å²) in [4.78, 5) is 0. The van der Waals surface area contributed by atoms with Crippen molar-refractivity contribution in [2.45, 2.75) is 0 Å². The van der Waals surface area contributed by atoms with E-state index in [2.05, 4.69) is 91.0 Å². The van der Waals surface area contributed by atoms with Crippen LogP contribution in [0.1, 0.15) is 0 Å². The molecule has 0 unspecified atom stereocenters. The average molecular weight is 491 g/mol. The van der Waals surface area contributed by atoms with Gasteiger partial charge in [-0.15, -0.1) is 0 Å². The molecule has 0 saturated heterocycles. The smallest absolute Gasteiger partial charge is 0.126 e. The Kier molecular flexibility index (Phi) is 4.39. The average Bonchev–Trinajstić information content (AvgIpc) is 2.93. The van der Waals surface area contributed by atoms with Crippen molar-refractivity contribution >= 4 is 53.9 Å². The van der Waals surface area contributed by atoms with E-state index in [0.29, 0.717) is 5.56 Å². The maximum atomic E-state index is 13.9. The van der Waals surface area contributed by atoms with Gasteiger partial charge in [0.1, 0.15) is 11.6 Å². The van der Waals surface area contributed by atoms with Gasteiger partial charge in [-0.05, 0) is 119 Å². The van der Waals surface area contributed by atoms with E-state index in [1.165, 1.54) is 66.3 Å². The first-order valence-corrected chi connectivity index (χ1v) is 12.7. The second kappa shape index (κ2) is 7.84. The van der Waals surface area contributed by atoms with Gasteiger partial charge < -0.3 is 0 Å². The molecule has 0 aliphatic carbocycles. The minimum absolute atomic E-state index is 0.540. The van der Waals surface area contributed by atoms with E-state index < -0.39 is 11.6 Å². The molecule has 0 aliphatic heterocycles. The third-order valence-corrected chi connectivity index (χ3v) is 7.79. The van der Waals surface area contributed by atoms with Gasteiger partial charge in [0.25, 0.3) is 0 Å². The fourth-order valence-electron chi connectivity index (χ4n) is 6.19. The minimum atomic E-state index is -0.571. The lowest BCUT2D eigenvalue weighted by Gasteiger charge is -2.16. The van der Waals surface area contributed by atoms with Crippen molar-refractivity contribution in [3.8, 4) is 22.3 Å². The summed E-state index contributed by atoms with van der Waals surface area (Å²) in [5.41, 5.74) is 3.79. The van der Waals surface area contributed by atoms with Crippen molar-refractivity contribution in [3.63, 3.8) is 0 Å². The van der Waals surface area contributed by atoms with Crippen LogP contribution in [-0.4, -0.2) is 0 Å². The van der Waals surface area contributed by atoms with E-state index in [1.807, 2.05) is 12.1 Å². The fourth-order valence-corrected chi connectivity index (χ4v) is 6.19. The number of halogens is 2. The van der Waals surface area contributed by atoms with Gasteiger partial charge in [-0.3, -0.25) is 0 Å². The molecule has 0 saturated carbocycles. The van der Waals surface area contributed by atoms with Crippen LogP contribution in [0.3, 0.4) is 0 Å². The highest BCUT2D eigenvalue weighted by atomic mass is 19.1. The zero-order chi connectivity index (χ0) is 25.4. The lowest BCUT2D eigenvalue weighted by Crippen LogP contribution is -1.90. The van der Waals surface area contributed by atoms with E-state index in [-0.39, 0.29) is 0 Å². The van der Waals surface area contributed by atoms with Crippen LogP contribution in [0.15, 0.2) is 121 Å². The van der Waals surface area contributed by atoms with E-state index in [9.17, 15) is 8.78 Å². The third kappa shape index (κ3) is 3.13. The standard InChI is InChI=1S/C36H20F2/c37-30-18-28(19-31(38)20-30)27-14-23-9-11-25-16-29(17-26-12-10-24(15-27)34(23)35(25)26)36-32-7-3-1-5-21(32)13-22-6-2-4-8-33(22)36/h1-20H. The highest BCUT2D eigenvalue weighted by molar-refractivity contribution is 6.25. The molecular formula is C36H20F2. The first kappa shape index (κ1) is 21.3. The van der Waals surface area contributed by atoms with E-state index in [0.717, 1.165) is 22.4 Å². The normalized spacial score (nSPS) is 11.9. The van der Waals surface area contributed by atoms with Gasteiger partial charge in [0.05, 0.1) is 0 Å². The maximum absolute atomic E-state index is 13.9. The molecule has 0 aliphatic rings. The second-order valence-electron chi connectivity index (χ2n) is 10.1. The summed E-state index contributed by atoms with van der Waals surface area (Å²) in [6.45, 7) is 0. The summed E-state index contributed by atoms with van der Waals surface area (Å²) < 4.78 is 27.9. The first-order chi connectivity index (χ1) is 18.6. The van der Waals surface area contributed by atoms with Crippen LogP contribution in [0.2, 0.25) is 0 Å². The van der Waals surface area contributed by atoms with Gasteiger partial charge in [-0.1, -0.05) is 72.8 Å². The Balaban J connectivity index is 1.41. The Morgan fingerprint density at radius 1 is 0.342 bits per heavy atom. The van der Waals surface area contributed by atoms with E-state index >= 15 is 0 Å². The zero-order valence-corrected chi connectivity index (χ0v) is 20.3. The highest BCUT2D eigenvalue weighted by Gasteiger charge is 2.15. The largest absolute Gasteiger partial charge is 0.207 e. The molecule has 0 radical (unpaired) electrons. The molecule has 0 aromatic heterocycles. The molecular weight excluding hydrogens is 470 g/mol. The number of rotatable bonds is 2. The summed E-state index contributed by atoms with van der Waals surface area (Å²) in [6.07, 6.45) is 0. The SMILES string of the molecule is Fc1cc(F)cc(-c2cc3ccc4cc(-c5c6ccccc6cc6ccccc56)cc5ccc(c2)c3c45)c1. The minimum Gasteiger partial charge on any atom is -0.207 e. The van der Waals surface area contributed by atoms with Gasteiger partial charge in [0.2, 0.25) is 0 Å². The van der Waals surface area contributed by atoms with Crippen LogP contribution >= 0.6 is 0 Å². The molecule has 8 rings (SSSR count). The number of hydrogen-bond donors (Lipinski definition) is 0. The van der Waals surface area contributed by atoms with Crippen molar-refractivity contribution in [2.75, 3.05) is 0 Å². The Morgan fingerprint density at radius 3 is 1.26 bits per heavy atom. The molecule has 0 amide bonds. The molecule has 0 heterocycles. The van der Waals surface area contributed by atoms with Crippen molar-refractivity contribution in [2.24, 2.45) is 0 Å². The molecule has 0 spiro atoms. The lowest BCUT2D eigenvalue weighted by molar-refractivity contribution is 0.584. The summed E-state index contributed by atoms with van der Waals surface area (Å²) in [7, 11) is 0. The lowest BCUT2D eigenvalue weighted by atomic mass is 9.87. The van der Waals surface area contributed by atoms with Crippen molar-refractivity contribution in [3.05, 3.63) is 133 Å². The molecule has 8 aromatic carbocycles. The van der Waals surface area contributed by atoms with E-state index in [1.54, 1.807) is 0 Å². The topological polar surface area (TPSA) is 0 Å². The predicted octanol–water partition coefficient (Wildman–Crippen LogP) is 10.5. The number of hydrogen-bond acceptors (Lipinski definition) is 0. The second-order valence-corrected chi connectivity index (χ2v) is 10.1. The fraction of sp³-hybridized carbons (Fsp3) is 0. The number of benzene rings is 8. The Bertz CT molecular complexity index is 2070. The molecule has 8 aromatic rings. The van der Waals surface area contributed by atoms with Gasteiger partial charge in [0.15, 0.2) is 0 Å². The highest BCUT2D eigenvalue weighted by Crippen LogP contribution is 2.42. The molecule has 2 heteroatoms. The summed E-state index contributed by atoms with van der Waals surface area (Å²) >= 11 is 0. The maximum Gasteiger partial charge on any atom is 0.126 e. The van der Waals surface area contributed by atoms with Crippen LogP contribution in [0, 0.1) is 11.6 Å². The van der Waals surface area contributed by atoms with Crippen molar-refractivity contribution in [1.29, 1.82) is 0 Å². The molecule has 0 bridgehead atoms. The molecule has 178 valence electrons. The Labute approximate surface area is 217 Å². The van der Waals surface area contributed by atoms with Gasteiger partial charge >= 0.3 is 0 Å². The third-order valence-electron chi connectivity index (χ3n) is 7.79. The molecule has 38 heavy (non-hydrogen) atoms. The summed E-state index contributed by atoms with van der Waals surface area (Å²) in [6, 6.07) is 40.3.